The molecule has 0 bridgehead atoms. The van der Waals surface area contributed by atoms with Gasteiger partial charge in [0.15, 0.2) is 16.9 Å². The summed E-state index contributed by atoms with van der Waals surface area (Å²) in [5, 5.41) is 6.96. The monoisotopic (exact) mass is 656 g/mol. The number of guanidine groups is 2. The molecule has 1 aromatic heterocycles. The van der Waals surface area contributed by atoms with Crippen molar-refractivity contribution in [3.05, 3.63) is 82.3 Å². The van der Waals surface area contributed by atoms with Crippen molar-refractivity contribution in [1.82, 2.24) is 20.3 Å². The van der Waals surface area contributed by atoms with E-state index in [4.69, 9.17) is 22.9 Å². The Morgan fingerprint density at radius 1 is 0.911 bits per heavy atom. The van der Waals surface area contributed by atoms with Gasteiger partial charge in [0.05, 0.1) is 24.0 Å². The van der Waals surface area contributed by atoms with E-state index in [2.05, 4.69) is 30.3 Å². The minimum atomic E-state index is -3.94. The van der Waals surface area contributed by atoms with Crippen molar-refractivity contribution in [3.63, 3.8) is 0 Å². The van der Waals surface area contributed by atoms with Gasteiger partial charge in [-0.15, -0.1) is 11.3 Å². The highest BCUT2D eigenvalue weighted by atomic mass is 32.2. The molecule has 45 heavy (non-hydrogen) atoms. The zero-order valence-corrected chi connectivity index (χ0v) is 25.9. The maximum absolute atomic E-state index is 13.2. The second-order valence-corrected chi connectivity index (χ2v) is 12.5. The molecule has 0 radical (unpaired) electrons. The molecular weight excluding hydrogens is 621 g/mol. The average molecular weight is 657 g/mol. The topological polar surface area (TPSA) is 263 Å². The van der Waals surface area contributed by atoms with Crippen molar-refractivity contribution in [2.45, 2.75) is 37.1 Å². The molecule has 2 aromatic carbocycles. The number of nitrogens with zero attached hydrogens (tertiary/aromatic N) is 3. The normalized spacial score (nSPS) is 12.4. The number of ketones is 1. The number of amides is 2. The third-order valence-corrected chi connectivity index (χ3v) is 8.28. The van der Waals surface area contributed by atoms with Crippen LogP contribution in [0.1, 0.15) is 33.8 Å². The third kappa shape index (κ3) is 12.3. The number of nitrogens with two attached hydrogens (primary N) is 4. The van der Waals surface area contributed by atoms with Crippen molar-refractivity contribution < 1.29 is 22.8 Å². The van der Waals surface area contributed by atoms with Crippen LogP contribution >= 0.6 is 11.3 Å². The van der Waals surface area contributed by atoms with Crippen LogP contribution in [0.3, 0.4) is 0 Å². The summed E-state index contributed by atoms with van der Waals surface area (Å²) in [5.74, 6) is -2.40. The molecule has 0 saturated carbocycles. The largest absolute Gasteiger partial charge is 0.370 e. The number of sulfonamides is 1. The zero-order chi connectivity index (χ0) is 32.8. The van der Waals surface area contributed by atoms with Crippen LogP contribution in [0.5, 0.6) is 0 Å². The molecule has 3 rings (SSSR count). The minimum absolute atomic E-state index is 0.0548. The lowest BCUT2D eigenvalue weighted by Crippen LogP contribution is -2.51. The van der Waals surface area contributed by atoms with Crippen molar-refractivity contribution in [2.75, 3.05) is 13.1 Å². The smallest absolute Gasteiger partial charge is 0.240 e. The summed E-state index contributed by atoms with van der Waals surface area (Å²) in [6.07, 6.45) is 1.93. The number of benzene rings is 2. The van der Waals surface area contributed by atoms with Crippen LogP contribution in [-0.4, -0.2) is 68.1 Å². The summed E-state index contributed by atoms with van der Waals surface area (Å²) < 4.78 is 28.2. The molecule has 0 spiro atoms. The number of carbonyl (C=O) groups is 3. The van der Waals surface area contributed by atoms with Gasteiger partial charge in [-0.05, 0) is 36.1 Å². The molecule has 17 heteroatoms. The Morgan fingerprint density at radius 2 is 1.62 bits per heavy atom. The van der Waals surface area contributed by atoms with Gasteiger partial charge in [-0.3, -0.25) is 19.4 Å². The zero-order valence-electron chi connectivity index (χ0n) is 24.3. The van der Waals surface area contributed by atoms with Gasteiger partial charge in [0.1, 0.15) is 6.04 Å². The van der Waals surface area contributed by atoms with E-state index in [-0.39, 0.29) is 48.5 Å². The molecule has 0 fully saturated rings. The van der Waals surface area contributed by atoms with Gasteiger partial charge in [0.2, 0.25) is 27.6 Å². The number of rotatable bonds is 17. The fourth-order valence-corrected chi connectivity index (χ4v) is 6.13. The van der Waals surface area contributed by atoms with Gasteiger partial charge >= 0.3 is 0 Å². The Morgan fingerprint density at radius 3 is 2.24 bits per heavy atom. The second-order valence-electron chi connectivity index (χ2n) is 9.81. The molecule has 15 nitrogen and oxygen atoms in total. The van der Waals surface area contributed by atoms with Gasteiger partial charge < -0.3 is 33.6 Å². The van der Waals surface area contributed by atoms with E-state index in [9.17, 15) is 22.8 Å². The fraction of sp³-hybridized carbons (Fsp3) is 0.286. The summed E-state index contributed by atoms with van der Waals surface area (Å²) in [7, 11) is -3.94. The first kappa shape index (κ1) is 34.6. The summed E-state index contributed by atoms with van der Waals surface area (Å²) in [4.78, 5) is 51.1. The first-order valence-corrected chi connectivity index (χ1v) is 16.2. The van der Waals surface area contributed by atoms with Crippen molar-refractivity contribution in [3.8, 4) is 0 Å². The van der Waals surface area contributed by atoms with Crippen LogP contribution in [0, 0.1) is 0 Å². The van der Waals surface area contributed by atoms with E-state index in [0.717, 1.165) is 11.3 Å². The summed E-state index contributed by atoms with van der Waals surface area (Å²) in [6, 6.07) is 13.0. The Hall–Kier alpha value is -4.87. The maximum atomic E-state index is 13.2. The van der Waals surface area contributed by atoms with Crippen LogP contribution in [0.2, 0.25) is 0 Å². The van der Waals surface area contributed by atoms with Crippen LogP contribution < -0.4 is 38.3 Å². The molecule has 240 valence electrons. The van der Waals surface area contributed by atoms with Gasteiger partial charge in [0.25, 0.3) is 0 Å². The van der Waals surface area contributed by atoms with E-state index in [1.165, 1.54) is 6.20 Å². The summed E-state index contributed by atoms with van der Waals surface area (Å²) in [6.45, 7) is -0.352. The molecule has 0 aliphatic heterocycles. The van der Waals surface area contributed by atoms with Gasteiger partial charge in [-0.1, -0.05) is 42.5 Å². The Balaban J connectivity index is 1.68. The van der Waals surface area contributed by atoms with Crippen LogP contribution in [0.15, 0.2) is 76.2 Å². The highest BCUT2D eigenvalue weighted by molar-refractivity contribution is 7.88. The lowest BCUT2D eigenvalue weighted by atomic mass is 10.0. The van der Waals surface area contributed by atoms with Crippen LogP contribution in [0.4, 0.5) is 5.69 Å². The van der Waals surface area contributed by atoms with E-state index in [0.29, 0.717) is 16.8 Å². The van der Waals surface area contributed by atoms with Crippen molar-refractivity contribution >= 4 is 56.6 Å². The summed E-state index contributed by atoms with van der Waals surface area (Å²) in [5.41, 5.74) is 23.3. The predicted octanol–water partition coefficient (Wildman–Crippen LogP) is -0.384. The molecule has 11 N–H and O–H groups in total. The van der Waals surface area contributed by atoms with Gasteiger partial charge in [-0.2, -0.15) is 0 Å². The number of nitrogens with one attached hydrogen (secondary N) is 3. The van der Waals surface area contributed by atoms with Crippen LogP contribution in [-0.2, 0) is 31.8 Å². The first-order chi connectivity index (χ1) is 21.4. The molecule has 1 heterocycles. The first-order valence-electron chi connectivity index (χ1n) is 13.7. The number of aliphatic imine (C=N–C) groups is 2. The molecule has 0 aliphatic carbocycles. The van der Waals surface area contributed by atoms with E-state index in [1.807, 2.05) is 0 Å². The van der Waals surface area contributed by atoms with Crippen LogP contribution in [0.25, 0.3) is 0 Å². The Bertz CT molecular complexity index is 1590. The third-order valence-electron chi connectivity index (χ3n) is 6.14. The number of thiazole rings is 1. The maximum Gasteiger partial charge on any atom is 0.240 e. The Labute approximate surface area is 264 Å². The molecule has 3 aromatic rings. The number of hydrogen-bond acceptors (Lipinski definition) is 9. The molecular formula is C28H36N10O5S2. The quantitative estimate of drug-likeness (QED) is 0.0428. The number of hydrogen-bond donors (Lipinski definition) is 7. The summed E-state index contributed by atoms with van der Waals surface area (Å²) >= 11 is 1.13. The van der Waals surface area contributed by atoms with Crippen molar-refractivity contribution in [2.24, 2.45) is 32.9 Å². The molecule has 0 saturated heterocycles. The van der Waals surface area contributed by atoms with E-state index < -0.39 is 46.2 Å². The molecule has 2 atom stereocenters. The Kier molecular flexibility index (Phi) is 13.0. The van der Waals surface area contributed by atoms with Gasteiger partial charge in [0, 0.05) is 24.5 Å². The van der Waals surface area contributed by atoms with E-state index in [1.54, 1.807) is 60.0 Å². The minimum Gasteiger partial charge on any atom is -0.370 e. The predicted molar refractivity (Wildman–Crippen MR) is 173 cm³/mol. The fourth-order valence-electron chi connectivity index (χ4n) is 4.13. The highest BCUT2D eigenvalue weighted by Gasteiger charge is 2.27. The SMILES string of the molecule is NC(N)=NCCC[C@@H](NS(=O)(=O)Cc1ccccc1)C(=O)NCC(=O)N[C@@H](Cc1ccc(N=C(N)N)cc1)C(=O)c1nccs1. The highest BCUT2D eigenvalue weighted by Crippen LogP contribution is 2.16. The number of Topliss-reactive ketones (excluding diaryl/α,β-unsaturated/α-hetero) is 1. The van der Waals surface area contributed by atoms with E-state index >= 15 is 0 Å². The standard InChI is InChI=1S/C28H36N10O5S2/c29-27(30)34-12-4-7-21(38-45(42,43)17-19-5-2-1-3-6-19)25(41)35-16-23(39)37-22(24(40)26-33-13-14-44-26)15-18-8-10-20(11-9-18)36-28(31)32/h1-3,5-6,8-11,13-14,21-22,38H,4,7,12,15-17H2,(H,35,41)(H,37,39)(H4,29,30,34)(H4,31,32,36)/t21-,22+/m1/s1. The lowest BCUT2D eigenvalue weighted by molar-refractivity contribution is -0.127. The molecule has 0 unspecified atom stereocenters. The average Bonchev–Trinajstić information content (AvgIpc) is 3.53. The lowest BCUT2D eigenvalue weighted by Gasteiger charge is -2.20. The second kappa shape index (κ2) is 16.8. The molecule has 0 aliphatic rings. The number of carbonyl (C=O) groups excluding carboxylic acids is 3. The van der Waals surface area contributed by atoms with Gasteiger partial charge in [-0.25, -0.2) is 23.1 Å². The van der Waals surface area contributed by atoms with Crippen molar-refractivity contribution in [1.29, 1.82) is 0 Å². The molecule has 2 amide bonds. The number of aromatic nitrogens is 1.